The van der Waals surface area contributed by atoms with E-state index >= 15 is 0 Å². The molecular formula is C16H21N5O2. The zero-order valence-electron chi connectivity index (χ0n) is 13.5. The molecule has 1 aliphatic rings. The highest BCUT2D eigenvalue weighted by atomic mass is 16.5. The lowest BCUT2D eigenvalue weighted by molar-refractivity contribution is -0.136. The Bertz CT molecular complexity index is 677. The first kappa shape index (κ1) is 15.6. The number of amides is 1. The molecule has 3 rings (SSSR count). The molecule has 1 amide bonds. The number of ether oxygens (including phenoxy) is 1. The van der Waals surface area contributed by atoms with Gasteiger partial charge in [0.15, 0.2) is 0 Å². The van der Waals surface area contributed by atoms with Crippen molar-refractivity contribution in [1.29, 1.82) is 0 Å². The van der Waals surface area contributed by atoms with Gasteiger partial charge < -0.3 is 9.64 Å². The Morgan fingerprint density at radius 2 is 2.13 bits per heavy atom. The van der Waals surface area contributed by atoms with Crippen molar-refractivity contribution in [2.75, 3.05) is 26.8 Å². The fourth-order valence-corrected chi connectivity index (χ4v) is 2.97. The summed E-state index contributed by atoms with van der Waals surface area (Å²) in [6.45, 7) is 1.63. The smallest absolute Gasteiger partial charge is 0.248 e. The van der Waals surface area contributed by atoms with E-state index < -0.39 is 0 Å². The minimum Gasteiger partial charge on any atom is -0.375 e. The third-order valence-corrected chi connectivity index (χ3v) is 4.27. The minimum absolute atomic E-state index is 0.0562. The van der Waals surface area contributed by atoms with E-state index in [0.717, 1.165) is 43.0 Å². The molecule has 0 aliphatic carbocycles. The first-order valence-electron chi connectivity index (χ1n) is 7.76. The zero-order valence-corrected chi connectivity index (χ0v) is 13.5. The molecule has 2 aromatic heterocycles. The van der Waals surface area contributed by atoms with Gasteiger partial charge in [-0.2, -0.15) is 5.10 Å². The number of rotatable bonds is 4. The van der Waals surface area contributed by atoms with Crippen LogP contribution in [0.3, 0.4) is 0 Å². The van der Waals surface area contributed by atoms with Crippen LogP contribution in [0.15, 0.2) is 24.7 Å². The molecule has 7 heteroatoms. The number of methoxy groups -OCH3 is 1. The van der Waals surface area contributed by atoms with E-state index in [9.17, 15) is 4.79 Å². The van der Waals surface area contributed by atoms with Crippen molar-refractivity contribution in [2.45, 2.75) is 18.8 Å². The molecule has 0 radical (unpaired) electrons. The number of likely N-dealkylation sites (tertiary alicyclic amines) is 1. The van der Waals surface area contributed by atoms with Crippen molar-refractivity contribution in [3.05, 3.63) is 30.4 Å². The van der Waals surface area contributed by atoms with E-state index in [-0.39, 0.29) is 12.5 Å². The molecule has 0 saturated carbocycles. The molecule has 1 saturated heterocycles. The highest BCUT2D eigenvalue weighted by molar-refractivity contribution is 5.77. The summed E-state index contributed by atoms with van der Waals surface area (Å²) in [6.07, 6.45) is 7.15. The van der Waals surface area contributed by atoms with Crippen molar-refractivity contribution < 1.29 is 9.53 Å². The third kappa shape index (κ3) is 3.39. The third-order valence-electron chi connectivity index (χ3n) is 4.27. The second-order valence-corrected chi connectivity index (χ2v) is 5.76. The van der Waals surface area contributed by atoms with Gasteiger partial charge in [-0.1, -0.05) is 0 Å². The van der Waals surface area contributed by atoms with Crippen molar-refractivity contribution >= 4 is 5.91 Å². The zero-order chi connectivity index (χ0) is 16.2. The van der Waals surface area contributed by atoms with E-state index in [1.54, 1.807) is 24.2 Å². The van der Waals surface area contributed by atoms with Gasteiger partial charge in [-0.15, -0.1) is 0 Å². The molecule has 0 N–H and O–H groups in total. The predicted molar refractivity (Wildman–Crippen MR) is 84.7 cm³/mol. The lowest BCUT2D eigenvalue weighted by Gasteiger charge is -2.31. The van der Waals surface area contributed by atoms with Crippen LogP contribution in [0, 0.1) is 0 Å². The second kappa shape index (κ2) is 6.87. The number of carbonyl (C=O) groups excluding carboxylic acids is 1. The van der Waals surface area contributed by atoms with Crippen LogP contribution in [-0.2, 0) is 16.6 Å². The van der Waals surface area contributed by atoms with Gasteiger partial charge in [0.25, 0.3) is 0 Å². The van der Waals surface area contributed by atoms with Gasteiger partial charge in [-0.25, -0.2) is 4.98 Å². The van der Waals surface area contributed by atoms with Crippen molar-refractivity contribution in [2.24, 2.45) is 7.05 Å². The van der Waals surface area contributed by atoms with E-state index in [0.29, 0.717) is 5.92 Å². The molecule has 122 valence electrons. The average Bonchev–Trinajstić information content (AvgIpc) is 3.01. The van der Waals surface area contributed by atoms with Crippen molar-refractivity contribution in [3.63, 3.8) is 0 Å². The van der Waals surface area contributed by atoms with Gasteiger partial charge in [0.1, 0.15) is 12.3 Å². The molecule has 23 heavy (non-hydrogen) atoms. The van der Waals surface area contributed by atoms with Crippen LogP contribution in [0.2, 0.25) is 0 Å². The van der Waals surface area contributed by atoms with Gasteiger partial charge in [-0.05, 0) is 18.9 Å². The van der Waals surface area contributed by atoms with Gasteiger partial charge in [0.2, 0.25) is 5.91 Å². The number of piperidine rings is 1. The number of carbonyl (C=O) groups is 1. The quantitative estimate of drug-likeness (QED) is 0.848. The van der Waals surface area contributed by atoms with Crippen molar-refractivity contribution in [3.8, 4) is 11.4 Å². The van der Waals surface area contributed by atoms with E-state index in [4.69, 9.17) is 9.72 Å². The lowest BCUT2D eigenvalue weighted by Crippen LogP contribution is -2.39. The maximum absolute atomic E-state index is 11.9. The predicted octanol–water partition coefficient (Wildman–Crippen LogP) is 1.23. The topological polar surface area (TPSA) is 73.1 Å². The van der Waals surface area contributed by atoms with Gasteiger partial charge in [0.05, 0.1) is 17.6 Å². The Labute approximate surface area is 135 Å². The van der Waals surface area contributed by atoms with Gasteiger partial charge in [-0.3, -0.25) is 14.5 Å². The fraction of sp³-hybridized carbons (Fsp3) is 0.500. The first-order valence-corrected chi connectivity index (χ1v) is 7.76. The summed E-state index contributed by atoms with van der Waals surface area (Å²) in [5.74, 6) is 0.392. The minimum atomic E-state index is 0.0562. The highest BCUT2D eigenvalue weighted by Gasteiger charge is 2.25. The molecule has 0 aromatic carbocycles. The molecule has 0 spiro atoms. The van der Waals surface area contributed by atoms with Crippen LogP contribution in [-0.4, -0.2) is 57.4 Å². The number of nitrogens with zero attached hydrogens (tertiary/aromatic N) is 5. The van der Waals surface area contributed by atoms with Crippen LogP contribution in [0.25, 0.3) is 11.4 Å². The normalized spacial score (nSPS) is 15.8. The molecule has 3 heterocycles. The molecule has 1 fully saturated rings. The number of aromatic nitrogens is 4. The molecule has 0 atom stereocenters. The molecule has 0 unspecified atom stereocenters. The van der Waals surface area contributed by atoms with Gasteiger partial charge >= 0.3 is 0 Å². The highest BCUT2D eigenvalue weighted by Crippen LogP contribution is 2.27. The molecular weight excluding hydrogens is 294 g/mol. The monoisotopic (exact) mass is 315 g/mol. The summed E-state index contributed by atoms with van der Waals surface area (Å²) in [4.78, 5) is 22.8. The standard InChI is InChI=1S/C16H21N5O2/c1-20-15(3-6-18-20)14-10-17-9-13(19-14)12-4-7-21(8-5-12)16(22)11-23-2/h3,6,9-10,12H,4-5,7-8,11H2,1-2H3. The maximum Gasteiger partial charge on any atom is 0.248 e. The van der Waals surface area contributed by atoms with Crippen molar-refractivity contribution in [1.82, 2.24) is 24.6 Å². The average molecular weight is 315 g/mol. The number of aryl methyl sites for hydroxylation is 1. The van der Waals surface area contributed by atoms with E-state index in [2.05, 4.69) is 10.1 Å². The summed E-state index contributed by atoms with van der Waals surface area (Å²) in [6, 6.07) is 1.93. The summed E-state index contributed by atoms with van der Waals surface area (Å²) < 4.78 is 6.71. The molecule has 7 nitrogen and oxygen atoms in total. The number of hydrogen-bond acceptors (Lipinski definition) is 5. The Morgan fingerprint density at radius 1 is 1.35 bits per heavy atom. The fourth-order valence-electron chi connectivity index (χ4n) is 2.97. The summed E-state index contributed by atoms with van der Waals surface area (Å²) >= 11 is 0. The summed E-state index contributed by atoms with van der Waals surface area (Å²) in [5.41, 5.74) is 2.77. The Morgan fingerprint density at radius 3 is 2.78 bits per heavy atom. The van der Waals surface area contributed by atoms with Crippen LogP contribution in [0.5, 0.6) is 0 Å². The van der Waals surface area contributed by atoms with E-state index in [1.807, 2.05) is 24.2 Å². The molecule has 1 aliphatic heterocycles. The van der Waals surface area contributed by atoms with Crippen LogP contribution >= 0.6 is 0 Å². The Kier molecular flexibility index (Phi) is 4.66. The van der Waals surface area contributed by atoms with E-state index in [1.165, 1.54) is 0 Å². The Balaban J connectivity index is 1.70. The second-order valence-electron chi connectivity index (χ2n) is 5.76. The molecule has 0 bridgehead atoms. The van der Waals surface area contributed by atoms with Crippen LogP contribution in [0.1, 0.15) is 24.5 Å². The summed E-state index contributed by atoms with van der Waals surface area (Å²) in [7, 11) is 3.44. The largest absolute Gasteiger partial charge is 0.375 e. The Hall–Kier alpha value is -2.28. The SMILES string of the molecule is COCC(=O)N1CCC(c2cncc(-c3ccnn3C)n2)CC1. The van der Waals surface area contributed by atoms with Crippen LogP contribution < -0.4 is 0 Å². The first-order chi connectivity index (χ1) is 11.2. The summed E-state index contributed by atoms with van der Waals surface area (Å²) in [5, 5.41) is 4.17. The molecule has 2 aromatic rings. The van der Waals surface area contributed by atoms with Gasteiger partial charge in [0, 0.05) is 45.6 Å². The lowest BCUT2D eigenvalue weighted by atomic mass is 9.93. The maximum atomic E-state index is 11.9. The van der Waals surface area contributed by atoms with Crippen LogP contribution in [0.4, 0.5) is 0 Å². The number of hydrogen-bond donors (Lipinski definition) is 0.